The van der Waals surface area contributed by atoms with E-state index in [1.54, 1.807) is 6.20 Å². The zero-order valence-corrected chi connectivity index (χ0v) is 12.5. The number of anilines is 1. The number of nitrogens with zero attached hydrogens (tertiary/aromatic N) is 1. The molecule has 2 heterocycles. The number of carbonyl (C=O) groups is 1. The van der Waals surface area contributed by atoms with Gasteiger partial charge in [-0.2, -0.15) is 0 Å². The second-order valence-corrected chi connectivity index (χ2v) is 6.07. The number of hydrogen-bond acceptors (Lipinski definition) is 3. The van der Waals surface area contributed by atoms with E-state index in [4.69, 9.17) is 0 Å². The summed E-state index contributed by atoms with van der Waals surface area (Å²) in [6.45, 7) is 5.88. The lowest BCUT2D eigenvalue weighted by molar-refractivity contribution is -0.126. The highest BCUT2D eigenvalue weighted by Crippen LogP contribution is 2.36. The van der Waals surface area contributed by atoms with E-state index in [0.717, 1.165) is 36.1 Å². The predicted molar refractivity (Wildman–Crippen MR) is 85.1 cm³/mol. The van der Waals surface area contributed by atoms with Crippen LogP contribution in [0, 0.1) is 11.3 Å². The fraction of sp³-hybridized carbons (Fsp3) is 0.412. The van der Waals surface area contributed by atoms with Crippen LogP contribution in [-0.4, -0.2) is 24.0 Å². The third-order valence-electron chi connectivity index (χ3n) is 4.63. The van der Waals surface area contributed by atoms with Gasteiger partial charge in [0, 0.05) is 18.1 Å². The van der Waals surface area contributed by atoms with E-state index in [2.05, 4.69) is 29.5 Å². The Hall–Kier alpha value is -1.94. The largest absolute Gasteiger partial charge is 0.324 e. The van der Waals surface area contributed by atoms with Gasteiger partial charge in [0.2, 0.25) is 5.91 Å². The van der Waals surface area contributed by atoms with Crippen LogP contribution in [0.5, 0.6) is 0 Å². The van der Waals surface area contributed by atoms with Crippen LogP contribution in [0.2, 0.25) is 0 Å². The van der Waals surface area contributed by atoms with Crippen molar-refractivity contribution >= 4 is 22.5 Å². The van der Waals surface area contributed by atoms with Crippen LogP contribution in [0.4, 0.5) is 5.69 Å². The highest BCUT2D eigenvalue weighted by atomic mass is 16.2. The SMILES string of the molecule is CC(C)C1(C(=O)Nc2cccc3cccnc23)CCNC1. The minimum atomic E-state index is -0.322. The van der Waals surface area contributed by atoms with Crippen molar-refractivity contribution in [1.82, 2.24) is 10.3 Å². The molecule has 2 aromatic rings. The summed E-state index contributed by atoms with van der Waals surface area (Å²) in [6.07, 6.45) is 2.64. The van der Waals surface area contributed by atoms with Crippen LogP contribution >= 0.6 is 0 Å². The summed E-state index contributed by atoms with van der Waals surface area (Å²) in [4.78, 5) is 17.2. The molecule has 3 rings (SSSR count). The smallest absolute Gasteiger partial charge is 0.232 e. The second kappa shape index (κ2) is 5.45. The van der Waals surface area contributed by atoms with E-state index in [9.17, 15) is 4.79 Å². The number of rotatable bonds is 3. The Morgan fingerprint density at radius 2 is 2.14 bits per heavy atom. The number of nitrogens with one attached hydrogen (secondary N) is 2. The summed E-state index contributed by atoms with van der Waals surface area (Å²) in [5.41, 5.74) is 1.32. The Labute approximate surface area is 125 Å². The van der Waals surface area contributed by atoms with Crippen LogP contribution in [0.25, 0.3) is 10.9 Å². The lowest BCUT2D eigenvalue weighted by Gasteiger charge is -2.31. The molecule has 1 atom stereocenters. The quantitative estimate of drug-likeness (QED) is 0.910. The van der Waals surface area contributed by atoms with Gasteiger partial charge in [-0.1, -0.05) is 32.0 Å². The maximum Gasteiger partial charge on any atom is 0.232 e. The Balaban J connectivity index is 1.93. The maximum absolute atomic E-state index is 12.8. The van der Waals surface area contributed by atoms with E-state index >= 15 is 0 Å². The van der Waals surface area contributed by atoms with Crippen molar-refractivity contribution in [2.24, 2.45) is 11.3 Å². The molecule has 0 radical (unpaired) electrons. The number of fused-ring (bicyclic) bond motifs is 1. The molecule has 1 unspecified atom stereocenters. The molecule has 0 aliphatic carbocycles. The fourth-order valence-electron chi connectivity index (χ4n) is 3.11. The molecule has 21 heavy (non-hydrogen) atoms. The number of amides is 1. The van der Waals surface area contributed by atoms with Crippen LogP contribution in [-0.2, 0) is 4.79 Å². The first kappa shape index (κ1) is 14.0. The molecule has 4 heteroatoms. The average Bonchev–Trinajstić information content (AvgIpc) is 2.98. The molecule has 1 fully saturated rings. The summed E-state index contributed by atoms with van der Waals surface area (Å²) in [5, 5.41) is 7.47. The summed E-state index contributed by atoms with van der Waals surface area (Å²) in [5.74, 6) is 0.399. The number of carbonyl (C=O) groups excluding carboxylic acids is 1. The highest BCUT2D eigenvalue weighted by Gasteiger charge is 2.43. The van der Waals surface area contributed by atoms with Crippen LogP contribution in [0.3, 0.4) is 0 Å². The van der Waals surface area contributed by atoms with Gasteiger partial charge in [-0.05, 0) is 31.0 Å². The topological polar surface area (TPSA) is 54.0 Å². The van der Waals surface area contributed by atoms with Crippen molar-refractivity contribution < 1.29 is 4.79 Å². The predicted octanol–water partition coefficient (Wildman–Crippen LogP) is 2.81. The van der Waals surface area contributed by atoms with Crippen LogP contribution in [0.15, 0.2) is 36.5 Å². The Bertz CT molecular complexity index is 655. The van der Waals surface area contributed by atoms with Gasteiger partial charge in [0.1, 0.15) is 0 Å². The van der Waals surface area contributed by atoms with E-state index < -0.39 is 0 Å². The van der Waals surface area contributed by atoms with E-state index in [0.29, 0.717) is 5.92 Å². The molecule has 110 valence electrons. The first-order valence-corrected chi connectivity index (χ1v) is 7.49. The molecular formula is C17H21N3O. The number of hydrogen-bond donors (Lipinski definition) is 2. The summed E-state index contributed by atoms with van der Waals surface area (Å²) < 4.78 is 0. The van der Waals surface area contributed by atoms with E-state index in [-0.39, 0.29) is 11.3 Å². The molecule has 1 aromatic heterocycles. The highest BCUT2D eigenvalue weighted by molar-refractivity contribution is 6.02. The fourth-order valence-corrected chi connectivity index (χ4v) is 3.11. The minimum absolute atomic E-state index is 0.0978. The van der Waals surface area contributed by atoms with Crippen LogP contribution in [0.1, 0.15) is 20.3 Å². The monoisotopic (exact) mass is 283 g/mol. The average molecular weight is 283 g/mol. The van der Waals surface area contributed by atoms with Gasteiger partial charge in [-0.3, -0.25) is 9.78 Å². The third kappa shape index (κ3) is 2.40. The number of benzene rings is 1. The Morgan fingerprint density at radius 3 is 2.86 bits per heavy atom. The van der Waals surface area contributed by atoms with Crippen LogP contribution < -0.4 is 10.6 Å². The molecule has 1 aliphatic rings. The summed E-state index contributed by atoms with van der Waals surface area (Å²) in [6, 6.07) is 9.79. The van der Waals surface area contributed by atoms with Gasteiger partial charge in [0.15, 0.2) is 0 Å². The molecule has 4 nitrogen and oxygen atoms in total. The maximum atomic E-state index is 12.8. The molecule has 1 saturated heterocycles. The first-order chi connectivity index (χ1) is 10.1. The minimum Gasteiger partial charge on any atom is -0.324 e. The number of para-hydroxylation sites is 1. The standard InChI is InChI=1S/C17H21N3O/c1-12(2)17(8-10-18-11-17)16(21)20-14-7-3-5-13-6-4-9-19-15(13)14/h3-7,9,12,18H,8,10-11H2,1-2H3,(H,20,21). The zero-order valence-electron chi connectivity index (χ0n) is 12.5. The molecule has 2 N–H and O–H groups in total. The molecule has 0 spiro atoms. The second-order valence-electron chi connectivity index (χ2n) is 6.07. The van der Waals surface area contributed by atoms with Gasteiger partial charge in [0.05, 0.1) is 16.6 Å². The number of aromatic nitrogens is 1. The van der Waals surface area contributed by atoms with Crippen molar-refractivity contribution in [1.29, 1.82) is 0 Å². The third-order valence-corrected chi connectivity index (χ3v) is 4.63. The van der Waals surface area contributed by atoms with Gasteiger partial charge in [-0.25, -0.2) is 0 Å². The van der Waals surface area contributed by atoms with Gasteiger partial charge >= 0.3 is 0 Å². The van der Waals surface area contributed by atoms with Gasteiger partial charge < -0.3 is 10.6 Å². The van der Waals surface area contributed by atoms with E-state index in [1.165, 1.54) is 0 Å². The van der Waals surface area contributed by atoms with Gasteiger partial charge in [0.25, 0.3) is 0 Å². The molecule has 1 amide bonds. The molecule has 0 bridgehead atoms. The first-order valence-electron chi connectivity index (χ1n) is 7.49. The summed E-state index contributed by atoms with van der Waals surface area (Å²) >= 11 is 0. The van der Waals surface area contributed by atoms with Gasteiger partial charge in [-0.15, -0.1) is 0 Å². The van der Waals surface area contributed by atoms with Crippen molar-refractivity contribution in [3.63, 3.8) is 0 Å². The molecule has 0 saturated carbocycles. The lowest BCUT2D eigenvalue weighted by atomic mass is 9.75. The van der Waals surface area contributed by atoms with Crippen molar-refractivity contribution in [3.8, 4) is 0 Å². The van der Waals surface area contributed by atoms with Crippen molar-refractivity contribution in [3.05, 3.63) is 36.5 Å². The molecular weight excluding hydrogens is 262 g/mol. The summed E-state index contributed by atoms with van der Waals surface area (Å²) in [7, 11) is 0. The Kier molecular flexibility index (Phi) is 3.64. The van der Waals surface area contributed by atoms with E-state index in [1.807, 2.05) is 30.3 Å². The lowest BCUT2D eigenvalue weighted by Crippen LogP contribution is -2.42. The normalized spacial score (nSPS) is 21.9. The van der Waals surface area contributed by atoms with Crippen molar-refractivity contribution in [2.45, 2.75) is 20.3 Å². The molecule has 1 aliphatic heterocycles. The number of pyridine rings is 1. The Morgan fingerprint density at radius 1 is 1.33 bits per heavy atom. The van der Waals surface area contributed by atoms with Crippen molar-refractivity contribution in [2.75, 3.05) is 18.4 Å². The molecule has 1 aromatic carbocycles. The zero-order chi connectivity index (χ0) is 14.9.